The molecule has 1 aliphatic heterocycles. The molecule has 0 unspecified atom stereocenters. The molecule has 1 atom stereocenters. The minimum Gasteiger partial charge on any atom is -0.356 e. The highest BCUT2D eigenvalue weighted by Gasteiger charge is 2.23. The molecule has 4 heteroatoms. The molecule has 1 aromatic heterocycles. The van der Waals surface area contributed by atoms with E-state index in [-0.39, 0.29) is 6.04 Å². The molecule has 2 heterocycles. The maximum Gasteiger partial charge on any atom is 0.133 e. The van der Waals surface area contributed by atoms with E-state index in [4.69, 9.17) is 5.73 Å². The van der Waals surface area contributed by atoms with Crippen LogP contribution in [0.25, 0.3) is 0 Å². The third-order valence-electron chi connectivity index (χ3n) is 3.80. The van der Waals surface area contributed by atoms with Crippen LogP contribution >= 0.6 is 0 Å². The fourth-order valence-corrected chi connectivity index (χ4v) is 2.62. The molecule has 0 amide bonds. The zero-order valence-electron chi connectivity index (χ0n) is 11.6. The highest BCUT2D eigenvalue weighted by Crippen LogP contribution is 2.26. The van der Waals surface area contributed by atoms with Crippen LogP contribution in [0, 0.1) is 0 Å². The summed E-state index contributed by atoms with van der Waals surface area (Å²) in [5, 5.41) is 0. The lowest BCUT2D eigenvalue weighted by atomic mass is 10.0. The molecule has 18 heavy (non-hydrogen) atoms. The first kappa shape index (κ1) is 13.3. The van der Waals surface area contributed by atoms with Gasteiger partial charge in [-0.1, -0.05) is 6.07 Å². The van der Waals surface area contributed by atoms with Gasteiger partial charge in [0.1, 0.15) is 5.82 Å². The highest BCUT2D eigenvalue weighted by atomic mass is 15.2. The molecule has 0 radical (unpaired) electrons. The zero-order chi connectivity index (χ0) is 13.1. The number of anilines is 1. The van der Waals surface area contributed by atoms with Gasteiger partial charge in [0.05, 0.1) is 0 Å². The monoisotopic (exact) mass is 248 g/mol. The van der Waals surface area contributed by atoms with E-state index in [1.54, 1.807) is 0 Å². The van der Waals surface area contributed by atoms with E-state index in [0.29, 0.717) is 6.04 Å². The minimum absolute atomic E-state index is 0.0419. The molecule has 0 spiro atoms. The number of piperidine rings is 1. The standard InChI is InChI=1S/C14H24N4/c1-11(15)13-5-4-8-16-14(13)18-9-6-12(7-10-18)17(2)3/h4-5,8,11-12H,6-7,9-10,15H2,1-3H3/t11-/m1/s1. The van der Waals surface area contributed by atoms with E-state index < -0.39 is 0 Å². The SMILES string of the molecule is C[C@@H](N)c1cccnc1N1CCC(N(C)C)CC1. The van der Waals surface area contributed by atoms with Gasteiger partial charge in [-0.15, -0.1) is 0 Å². The molecule has 0 aliphatic carbocycles. The number of hydrogen-bond acceptors (Lipinski definition) is 4. The second kappa shape index (κ2) is 5.67. The fourth-order valence-electron chi connectivity index (χ4n) is 2.62. The summed E-state index contributed by atoms with van der Waals surface area (Å²) in [6.45, 7) is 4.16. The average molecular weight is 248 g/mol. The first-order valence-corrected chi connectivity index (χ1v) is 6.71. The van der Waals surface area contributed by atoms with Crippen molar-refractivity contribution in [3.63, 3.8) is 0 Å². The van der Waals surface area contributed by atoms with Crippen molar-refractivity contribution in [1.29, 1.82) is 0 Å². The number of nitrogens with two attached hydrogens (primary N) is 1. The maximum atomic E-state index is 6.02. The van der Waals surface area contributed by atoms with Gasteiger partial charge >= 0.3 is 0 Å². The largest absolute Gasteiger partial charge is 0.356 e. The number of nitrogens with zero attached hydrogens (tertiary/aromatic N) is 3. The van der Waals surface area contributed by atoms with Gasteiger partial charge < -0.3 is 15.5 Å². The first-order chi connectivity index (χ1) is 8.59. The molecule has 1 aliphatic rings. The van der Waals surface area contributed by atoms with E-state index >= 15 is 0 Å². The molecule has 1 aromatic rings. The Hall–Kier alpha value is -1.13. The summed E-state index contributed by atoms with van der Waals surface area (Å²) >= 11 is 0. The molecule has 0 aromatic carbocycles. The van der Waals surface area contributed by atoms with Crippen LogP contribution in [0.4, 0.5) is 5.82 Å². The van der Waals surface area contributed by atoms with Crippen molar-refractivity contribution in [1.82, 2.24) is 9.88 Å². The van der Waals surface area contributed by atoms with Crippen molar-refractivity contribution in [3.8, 4) is 0 Å². The quantitative estimate of drug-likeness (QED) is 0.883. The van der Waals surface area contributed by atoms with Gasteiger partial charge in [-0.25, -0.2) is 4.98 Å². The van der Waals surface area contributed by atoms with E-state index in [1.165, 1.54) is 12.8 Å². The van der Waals surface area contributed by atoms with Crippen molar-refractivity contribution in [2.24, 2.45) is 5.73 Å². The van der Waals surface area contributed by atoms with E-state index in [9.17, 15) is 0 Å². The van der Waals surface area contributed by atoms with Gasteiger partial charge in [0.2, 0.25) is 0 Å². The Morgan fingerprint density at radius 2 is 2.06 bits per heavy atom. The molecular formula is C14H24N4. The number of pyridine rings is 1. The van der Waals surface area contributed by atoms with Gasteiger partial charge in [0, 0.05) is 36.9 Å². The lowest BCUT2D eigenvalue weighted by Gasteiger charge is -2.36. The van der Waals surface area contributed by atoms with Crippen LogP contribution in [-0.2, 0) is 0 Å². The number of aromatic nitrogens is 1. The smallest absolute Gasteiger partial charge is 0.133 e. The average Bonchev–Trinajstić information content (AvgIpc) is 2.39. The van der Waals surface area contributed by atoms with Crippen LogP contribution in [0.1, 0.15) is 31.4 Å². The number of rotatable bonds is 3. The van der Waals surface area contributed by atoms with E-state index in [1.807, 2.05) is 19.2 Å². The lowest BCUT2D eigenvalue weighted by Crippen LogP contribution is -2.42. The van der Waals surface area contributed by atoms with Gasteiger partial charge in [-0.2, -0.15) is 0 Å². The Bertz CT molecular complexity index is 381. The summed E-state index contributed by atoms with van der Waals surface area (Å²) in [4.78, 5) is 9.22. The molecule has 1 fully saturated rings. The van der Waals surface area contributed by atoms with Crippen molar-refractivity contribution in [2.75, 3.05) is 32.1 Å². The molecule has 2 rings (SSSR count). The third kappa shape index (κ3) is 2.82. The Kier molecular flexibility index (Phi) is 4.19. The topological polar surface area (TPSA) is 45.4 Å². The van der Waals surface area contributed by atoms with Crippen molar-refractivity contribution in [3.05, 3.63) is 23.9 Å². The van der Waals surface area contributed by atoms with Crippen molar-refractivity contribution >= 4 is 5.82 Å². The summed E-state index contributed by atoms with van der Waals surface area (Å²) in [5.41, 5.74) is 7.18. The van der Waals surface area contributed by atoms with Crippen LogP contribution in [-0.4, -0.2) is 43.1 Å². The third-order valence-corrected chi connectivity index (χ3v) is 3.80. The second-order valence-electron chi connectivity index (χ2n) is 5.39. The Labute approximate surface area is 110 Å². The van der Waals surface area contributed by atoms with Gasteiger partial charge in [-0.05, 0) is 39.9 Å². The summed E-state index contributed by atoms with van der Waals surface area (Å²) in [6, 6.07) is 4.80. The summed E-state index contributed by atoms with van der Waals surface area (Å²) in [6.07, 6.45) is 4.25. The van der Waals surface area contributed by atoms with Crippen molar-refractivity contribution in [2.45, 2.75) is 31.8 Å². The zero-order valence-corrected chi connectivity index (χ0v) is 11.6. The van der Waals surface area contributed by atoms with Gasteiger partial charge in [0.15, 0.2) is 0 Å². The van der Waals surface area contributed by atoms with E-state index in [2.05, 4.69) is 34.9 Å². The molecule has 100 valence electrons. The summed E-state index contributed by atoms with van der Waals surface area (Å²) < 4.78 is 0. The van der Waals surface area contributed by atoms with E-state index in [0.717, 1.165) is 24.5 Å². The highest BCUT2D eigenvalue weighted by molar-refractivity contribution is 5.48. The van der Waals surface area contributed by atoms with Crippen LogP contribution in [0.2, 0.25) is 0 Å². The number of hydrogen-bond donors (Lipinski definition) is 1. The van der Waals surface area contributed by atoms with Crippen LogP contribution in [0.15, 0.2) is 18.3 Å². The van der Waals surface area contributed by atoms with Crippen molar-refractivity contribution < 1.29 is 0 Å². The van der Waals surface area contributed by atoms with Crippen LogP contribution < -0.4 is 10.6 Å². The molecule has 0 saturated carbocycles. The predicted molar refractivity (Wildman–Crippen MR) is 75.8 cm³/mol. The minimum atomic E-state index is 0.0419. The molecule has 4 nitrogen and oxygen atoms in total. The summed E-state index contributed by atoms with van der Waals surface area (Å²) in [5.74, 6) is 1.07. The van der Waals surface area contributed by atoms with Gasteiger partial charge in [-0.3, -0.25) is 0 Å². The fraction of sp³-hybridized carbons (Fsp3) is 0.643. The Balaban J connectivity index is 2.10. The summed E-state index contributed by atoms with van der Waals surface area (Å²) in [7, 11) is 4.32. The molecular weight excluding hydrogens is 224 g/mol. The molecule has 0 bridgehead atoms. The molecule has 1 saturated heterocycles. The predicted octanol–water partition coefficient (Wildman–Crippen LogP) is 1.63. The molecule has 2 N–H and O–H groups in total. The normalized spacial score (nSPS) is 19.3. The maximum absolute atomic E-state index is 6.02. The van der Waals surface area contributed by atoms with Gasteiger partial charge in [0.25, 0.3) is 0 Å². The Morgan fingerprint density at radius 3 is 2.61 bits per heavy atom. The first-order valence-electron chi connectivity index (χ1n) is 6.71. The van der Waals surface area contributed by atoms with Crippen LogP contribution in [0.5, 0.6) is 0 Å². The second-order valence-corrected chi connectivity index (χ2v) is 5.39. The van der Waals surface area contributed by atoms with Crippen LogP contribution in [0.3, 0.4) is 0 Å². The Morgan fingerprint density at radius 1 is 1.39 bits per heavy atom. The lowest BCUT2D eigenvalue weighted by molar-refractivity contribution is 0.249.